The normalized spacial score (nSPS) is 15.9. The van der Waals surface area contributed by atoms with Crippen molar-refractivity contribution in [1.82, 2.24) is 44.5 Å². The molecule has 6 rings (SSSR count). The minimum Gasteiger partial charge on any atom is -0.412 e. The third-order valence-electron chi connectivity index (χ3n) is 5.72. The molecular weight excluding hydrogens is 410 g/mol. The van der Waals surface area contributed by atoms with Crippen LogP contribution in [0.25, 0.3) is 17.0 Å². The van der Waals surface area contributed by atoms with Crippen molar-refractivity contribution in [3.05, 3.63) is 71.7 Å². The molecule has 32 heavy (non-hydrogen) atoms. The van der Waals surface area contributed by atoms with Gasteiger partial charge in [0.05, 0.1) is 35.0 Å². The van der Waals surface area contributed by atoms with Gasteiger partial charge < -0.3 is 14.3 Å². The zero-order valence-corrected chi connectivity index (χ0v) is 17.4. The summed E-state index contributed by atoms with van der Waals surface area (Å²) in [6, 6.07) is 7.48. The number of imidazole rings is 1. The number of nitrogens with zero attached hydrogens (tertiary/aromatic N) is 8. The Labute approximate surface area is 181 Å². The minimum absolute atomic E-state index is 0.0761. The number of carbonyl (C=O) groups is 1. The van der Waals surface area contributed by atoms with Gasteiger partial charge in [0.2, 0.25) is 0 Å². The highest BCUT2D eigenvalue weighted by Gasteiger charge is 2.38. The van der Waals surface area contributed by atoms with Crippen LogP contribution < -0.4 is 0 Å². The maximum atomic E-state index is 13.5. The van der Waals surface area contributed by atoms with E-state index in [4.69, 9.17) is 9.52 Å². The van der Waals surface area contributed by atoms with Gasteiger partial charge in [-0.2, -0.15) is 10.2 Å². The zero-order chi connectivity index (χ0) is 21.8. The van der Waals surface area contributed by atoms with Crippen LogP contribution in [0.2, 0.25) is 0 Å². The predicted octanol–water partition coefficient (Wildman–Crippen LogP) is 1.94. The number of carbonyl (C=O) groups excluding carboxylic acids is 1. The Morgan fingerprint density at radius 2 is 2.19 bits per heavy atom. The van der Waals surface area contributed by atoms with Crippen molar-refractivity contribution in [3.63, 3.8) is 0 Å². The molecule has 0 spiro atoms. The molecule has 1 atom stereocenters. The average molecular weight is 429 g/mol. The van der Waals surface area contributed by atoms with E-state index in [1.165, 1.54) is 0 Å². The van der Waals surface area contributed by atoms with Crippen molar-refractivity contribution < 1.29 is 9.21 Å². The van der Waals surface area contributed by atoms with Crippen molar-refractivity contribution in [2.45, 2.75) is 19.4 Å². The molecule has 0 saturated heterocycles. The minimum atomic E-state index is -0.467. The van der Waals surface area contributed by atoms with Crippen molar-refractivity contribution >= 4 is 11.4 Å². The summed E-state index contributed by atoms with van der Waals surface area (Å²) < 4.78 is 9.21. The van der Waals surface area contributed by atoms with Crippen molar-refractivity contribution in [2.75, 3.05) is 6.54 Å². The molecule has 5 aromatic heterocycles. The van der Waals surface area contributed by atoms with E-state index in [0.717, 1.165) is 28.3 Å². The van der Waals surface area contributed by atoms with Crippen molar-refractivity contribution in [2.24, 2.45) is 7.05 Å². The van der Waals surface area contributed by atoms with Gasteiger partial charge in [0, 0.05) is 37.6 Å². The molecule has 11 nitrogen and oxygen atoms in total. The lowest BCUT2D eigenvalue weighted by molar-refractivity contribution is 0.0646. The van der Waals surface area contributed by atoms with E-state index in [9.17, 15) is 4.79 Å². The van der Waals surface area contributed by atoms with E-state index in [0.29, 0.717) is 18.5 Å². The van der Waals surface area contributed by atoms with E-state index in [2.05, 4.69) is 25.3 Å². The number of aryl methyl sites for hydroxylation is 2. The fourth-order valence-electron chi connectivity index (χ4n) is 4.18. The van der Waals surface area contributed by atoms with Gasteiger partial charge in [-0.3, -0.25) is 9.48 Å². The molecule has 6 heterocycles. The molecule has 0 aromatic carbocycles. The SMILES string of the molecule is Cc1cccc2cc([C@H]3c4nc[nH]c4CCN3C(=O)c3nnc(-c4cnn(C)c4)o3)nn12. The number of H-pyrrole nitrogens is 1. The molecule has 1 amide bonds. The summed E-state index contributed by atoms with van der Waals surface area (Å²) in [4.78, 5) is 22.9. The van der Waals surface area contributed by atoms with E-state index < -0.39 is 6.04 Å². The van der Waals surface area contributed by atoms with Crippen molar-refractivity contribution in [1.29, 1.82) is 0 Å². The van der Waals surface area contributed by atoms with Gasteiger partial charge in [-0.1, -0.05) is 6.07 Å². The molecule has 0 saturated carbocycles. The molecule has 0 bridgehead atoms. The first-order chi connectivity index (χ1) is 15.6. The molecule has 0 radical (unpaired) electrons. The maximum absolute atomic E-state index is 13.5. The third kappa shape index (κ3) is 2.82. The quantitative estimate of drug-likeness (QED) is 0.465. The Balaban J connectivity index is 1.41. The molecule has 1 aliphatic rings. The summed E-state index contributed by atoms with van der Waals surface area (Å²) in [6.45, 7) is 2.46. The van der Waals surface area contributed by atoms with Crippen LogP contribution in [0.3, 0.4) is 0 Å². The van der Waals surface area contributed by atoms with E-state index >= 15 is 0 Å². The number of aromatic nitrogens is 8. The summed E-state index contributed by atoms with van der Waals surface area (Å²) in [6.07, 6.45) is 5.66. The van der Waals surface area contributed by atoms with Crippen LogP contribution in [-0.4, -0.2) is 56.9 Å². The average Bonchev–Trinajstić information content (AvgIpc) is 3.57. The van der Waals surface area contributed by atoms with Gasteiger partial charge in [-0.25, -0.2) is 9.50 Å². The van der Waals surface area contributed by atoms with Gasteiger partial charge in [0.25, 0.3) is 5.89 Å². The van der Waals surface area contributed by atoms with Crippen LogP contribution in [0.4, 0.5) is 0 Å². The number of hydrogen-bond donors (Lipinski definition) is 1. The molecule has 5 aromatic rings. The third-order valence-corrected chi connectivity index (χ3v) is 5.72. The van der Waals surface area contributed by atoms with E-state index in [-0.39, 0.29) is 17.7 Å². The Hall–Kier alpha value is -4.28. The molecule has 0 fully saturated rings. The molecular formula is C21H19N9O2. The topological polar surface area (TPSA) is 123 Å². The largest absolute Gasteiger partial charge is 0.412 e. The van der Waals surface area contributed by atoms with Gasteiger partial charge in [0.15, 0.2) is 0 Å². The number of pyridine rings is 1. The number of hydrogen-bond acceptors (Lipinski definition) is 7. The number of amides is 1. The van der Waals surface area contributed by atoms with Crippen LogP contribution in [0.1, 0.15) is 39.5 Å². The smallest absolute Gasteiger partial charge is 0.312 e. The summed E-state index contributed by atoms with van der Waals surface area (Å²) in [7, 11) is 1.79. The fourth-order valence-corrected chi connectivity index (χ4v) is 4.18. The van der Waals surface area contributed by atoms with Crippen LogP contribution in [0.5, 0.6) is 0 Å². The van der Waals surface area contributed by atoms with Gasteiger partial charge in [-0.15, -0.1) is 10.2 Å². The van der Waals surface area contributed by atoms with Crippen LogP contribution in [0, 0.1) is 6.92 Å². The van der Waals surface area contributed by atoms with Gasteiger partial charge in [0.1, 0.15) is 6.04 Å². The second-order valence-corrected chi connectivity index (χ2v) is 7.81. The monoisotopic (exact) mass is 429 g/mol. The lowest BCUT2D eigenvalue weighted by Gasteiger charge is -2.32. The predicted molar refractivity (Wildman–Crippen MR) is 112 cm³/mol. The molecule has 11 heteroatoms. The molecule has 1 aliphatic heterocycles. The maximum Gasteiger partial charge on any atom is 0.312 e. The first kappa shape index (κ1) is 18.5. The zero-order valence-electron chi connectivity index (χ0n) is 17.4. The highest BCUT2D eigenvalue weighted by atomic mass is 16.4. The second-order valence-electron chi connectivity index (χ2n) is 7.81. The number of fused-ring (bicyclic) bond motifs is 2. The molecule has 0 unspecified atom stereocenters. The first-order valence-electron chi connectivity index (χ1n) is 10.2. The summed E-state index contributed by atoms with van der Waals surface area (Å²) >= 11 is 0. The van der Waals surface area contributed by atoms with E-state index in [1.54, 1.807) is 35.4 Å². The summed E-state index contributed by atoms with van der Waals surface area (Å²) in [5.41, 5.74) is 5.11. The van der Waals surface area contributed by atoms with Gasteiger partial charge >= 0.3 is 11.8 Å². The van der Waals surface area contributed by atoms with E-state index in [1.807, 2.05) is 35.7 Å². The Bertz CT molecular complexity index is 1460. The number of rotatable bonds is 3. The molecule has 160 valence electrons. The standard InChI is InChI=1S/C21H19N9O2/c1-12-4-3-5-14-8-16(27-30(12)14)18-17-15(22-11-23-17)6-7-29(18)21(31)20-26-25-19(32-20)13-9-24-28(2)10-13/h3-5,8-11,18H,6-7H2,1-2H3,(H,22,23)/t18-/m0/s1. The fraction of sp³-hybridized carbons (Fsp3) is 0.238. The Morgan fingerprint density at radius 1 is 1.28 bits per heavy atom. The van der Waals surface area contributed by atoms with Crippen molar-refractivity contribution in [3.8, 4) is 11.5 Å². The lowest BCUT2D eigenvalue weighted by atomic mass is 9.99. The first-order valence-corrected chi connectivity index (χ1v) is 10.2. The van der Waals surface area contributed by atoms with Crippen LogP contribution in [0.15, 0.2) is 47.4 Å². The highest BCUT2D eigenvalue weighted by Crippen LogP contribution is 2.34. The molecule has 1 N–H and O–H groups in total. The summed E-state index contributed by atoms with van der Waals surface area (Å²) in [5, 5.41) is 16.9. The molecule has 0 aliphatic carbocycles. The summed E-state index contributed by atoms with van der Waals surface area (Å²) in [5.74, 6) is -0.188. The second kappa shape index (κ2) is 6.87. The number of nitrogens with one attached hydrogen (secondary N) is 1. The Kier molecular flexibility index (Phi) is 3.97. The highest BCUT2D eigenvalue weighted by molar-refractivity contribution is 5.90. The van der Waals surface area contributed by atoms with Crippen LogP contribution >= 0.6 is 0 Å². The number of aromatic amines is 1. The Morgan fingerprint density at radius 3 is 3.00 bits per heavy atom. The van der Waals surface area contributed by atoms with Crippen LogP contribution in [-0.2, 0) is 13.5 Å². The lowest BCUT2D eigenvalue weighted by Crippen LogP contribution is -2.41. The van der Waals surface area contributed by atoms with Gasteiger partial charge in [-0.05, 0) is 25.1 Å².